The van der Waals surface area contributed by atoms with Crippen molar-refractivity contribution in [1.82, 2.24) is 0 Å². The fourth-order valence-electron chi connectivity index (χ4n) is 1.37. The van der Waals surface area contributed by atoms with Crippen LogP contribution < -0.4 is 0 Å². The third-order valence-corrected chi connectivity index (χ3v) is 2.17. The van der Waals surface area contributed by atoms with Crippen LogP contribution in [0, 0.1) is 11.3 Å². The lowest BCUT2D eigenvalue weighted by Gasteiger charge is -2.24. The highest BCUT2D eigenvalue weighted by Gasteiger charge is 2.41. The molecule has 2 atom stereocenters. The van der Waals surface area contributed by atoms with Crippen molar-refractivity contribution in [2.75, 3.05) is 0 Å². The summed E-state index contributed by atoms with van der Waals surface area (Å²) in [6.07, 6.45) is -0.0104. The summed E-state index contributed by atoms with van der Waals surface area (Å²) < 4.78 is 10.8. The second-order valence-electron chi connectivity index (χ2n) is 5.39. The highest BCUT2D eigenvalue weighted by molar-refractivity contribution is 5.76. The standard InChI is InChI=1S/C11H20O3/c1-7(2)6-8-9(12)14-10(13-8)11(3,4)5/h7-8,10H,6H2,1-5H3/t8-,10-/m0/s1. The quantitative estimate of drug-likeness (QED) is 0.642. The van der Waals surface area contributed by atoms with E-state index in [1.54, 1.807) is 0 Å². The Kier molecular flexibility index (Phi) is 3.20. The molecule has 0 aliphatic carbocycles. The second kappa shape index (κ2) is 3.89. The Hall–Kier alpha value is -0.570. The van der Waals surface area contributed by atoms with Gasteiger partial charge < -0.3 is 9.47 Å². The van der Waals surface area contributed by atoms with Crippen molar-refractivity contribution in [1.29, 1.82) is 0 Å². The molecule has 1 fully saturated rings. The SMILES string of the molecule is CC(C)C[C@@H]1O[C@H](C(C)(C)C)OC1=O. The Bertz CT molecular complexity index is 215. The molecular weight excluding hydrogens is 180 g/mol. The molecular formula is C11H20O3. The molecule has 0 aromatic rings. The van der Waals surface area contributed by atoms with Crippen LogP contribution in [0.1, 0.15) is 41.0 Å². The fraction of sp³-hybridized carbons (Fsp3) is 0.909. The minimum Gasteiger partial charge on any atom is -0.433 e. The largest absolute Gasteiger partial charge is 0.433 e. The number of hydrogen-bond acceptors (Lipinski definition) is 3. The van der Waals surface area contributed by atoms with Crippen LogP contribution in [0.3, 0.4) is 0 Å². The third kappa shape index (κ3) is 2.71. The predicted molar refractivity (Wildman–Crippen MR) is 53.7 cm³/mol. The molecule has 1 aliphatic rings. The van der Waals surface area contributed by atoms with E-state index in [0.29, 0.717) is 5.92 Å². The van der Waals surface area contributed by atoms with Gasteiger partial charge in [-0.05, 0) is 12.3 Å². The van der Waals surface area contributed by atoms with Crippen molar-refractivity contribution in [3.05, 3.63) is 0 Å². The van der Waals surface area contributed by atoms with Gasteiger partial charge in [-0.15, -0.1) is 0 Å². The Morgan fingerprint density at radius 2 is 1.93 bits per heavy atom. The zero-order valence-electron chi connectivity index (χ0n) is 9.66. The molecule has 1 heterocycles. The van der Waals surface area contributed by atoms with Crippen LogP contribution in [0.5, 0.6) is 0 Å². The van der Waals surface area contributed by atoms with Gasteiger partial charge in [0.15, 0.2) is 6.10 Å². The van der Waals surface area contributed by atoms with E-state index in [0.717, 1.165) is 6.42 Å². The molecule has 1 saturated heterocycles. The number of rotatable bonds is 2. The summed E-state index contributed by atoms with van der Waals surface area (Å²) >= 11 is 0. The number of esters is 1. The highest BCUT2D eigenvalue weighted by Crippen LogP contribution is 2.31. The van der Waals surface area contributed by atoms with Crippen LogP contribution in [0.4, 0.5) is 0 Å². The van der Waals surface area contributed by atoms with E-state index in [4.69, 9.17) is 9.47 Å². The first-order valence-corrected chi connectivity index (χ1v) is 5.16. The second-order valence-corrected chi connectivity index (χ2v) is 5.39. The van der Waals surface area contributed by atoms with Gasteiger partial charge >= 0.3 is 5.97 Å². The van der Waals surface area contributed by atoms with Gasteiger partial charge in [0.05, 0.1) is 0 Å². The van der Waals surface area contributed by atoms with Crippen LogP contribution in [0.2, 0.25) is 0 Å². The average Bonchev–Trinajstić information content (AvgIpc) is 2.30. The summed E-state index contributed by atoms with van der Waals surface area (Å²) in [6, 6.07) is 0. The van der Waals surface area contributed by atoms with Crippen LogP contribution in [0.25, 0.3) is 0 Å². The van der Waals surface area contributed by atoms with Crippen molar-refractivity contribution in [2.45, 2.75) is 53.4 Å². The summed E-state index contributed by atoms with van der Waals surface area (Å²) in [5.41, 5.74) is -0.138. The maximum atomic E-state index is 11.4. The lowest BCUT2D eigenvalue weighted by molar-refractivity contribution is -0.154. The Balaban J connectivity index is 2.56. The molecule has 0 unspecified atom stereocenters. The first kappa shape index (κ1) is 11.5. The molecule has 0 aromatic heterocycles. The zero-order chi connectivity index (χ0) is 10.9. The summed E-state index contributed by atoms with van der Waals surface area (Å²) in [7, 11) is 0. The maximum Gasteiger partial charge on any atom is 0.337 e. The van der Waals surface area contributed by atoms with E-state index in [-0.39, 0.29) is 17.5 Å². The molecule has 1 aliphatic heterocycles. The monoisotopic (exact) mass is 200 g/mol. The summed E-state index contributed by atoms with van der Waals surface area (Å²) in [4.78, 5) is 11.4. The molecule has 3 heteroatoms. The molecule has 0 amide bonds. The van der Waals surface area contributed by atoms with E-state index >= 15 is 0 Å². The third-order valence-electron chi connectivity index (χ3n) is 2.17. The first-order valence-electron chi connectivity index (χ1n) is 5.16. The summed E-state index contributed by atoms with van der Waals surface area (Å²) in [5, 5.41) is 0. The van der Waals surface area contributed by atoms with E-state index in [9.17, 15) is 4.79 Å². The first-order chi connectivity index (χ1) is 6.30. The molecule has 0 radical (unpaired) electrons. The summed E-state index contributed by atoms with van der Waals surface area (Å²) in [6.45, 7) is 10.1. The van der Waals surface area contributed by atoms with Gasteiger partial charge in [0, 0.05) is 5.41 Å². The molecule has 82 valence electrons. The summed E-state index contributed by atoms with van der Waals surface area (Å²) in [5.74, 6) is 0.241. The van der Waals surface area contributed by atoms with Crippen LogP contribution in [-0.4, -0.2) is 18.4 Å². The van der Waals surface area contributed by atoms with Crippen molar-refractivity contribution in [2.24, 2.45) is 11.3 Å². The van der Waals surface area contributed by atoms with Gasteiger partial charge in [0.1, 0.15) is 0 Å². The molecule has 0 spiro atoms. The molecule has 14 heavy (non-hydrogen) atoms. The van der Waals surface area contributed by atoms with E-state index in [2.05, 4.69) is 13.8 Å². The lowest BCUT2D eigenvalue weighted by Crippen LogP contribution is -2.27. The van der Waals surface area contributed by atoms with E-state index in [1.807, 2.05) is 20.8 Å². The smallest absolute Gasteiger partial charge is 0.337 e. The van der Waals surface area contributed by atoms with Crippen molar-refractivity contribution in [3.63, 3.8) is 0 Å². The lowest BCUT2D eigenvalue weighted by atomic mass is 9.96. The number of hydrogen-bond donors (Lipinski definition) is 0. The Morgan fingerprint density at radius 1 is 1.36 bits per heavy atom. The molecule has 0 bridgehead atoms. The molecule has 0 saturated carbocycles. The average molecular weight is 200 g/mol. The van der Waals surface area contributed by atoms with Gasteiger partial charge in [0.2, 0.25) is 6.29 Å². The van der Waals surface area contributed by atoms with Gasteiger partial charge in [-0.2, -0.15) is 0 Å². The van der Waals surface area contributed by atoms with Crippen LogP contribution >= 0.6 is 0 Å². The van der Waals surface area contributed by atoms with Crippen molar-refractivity contribution in [3.8, 4) is 0 Å². The van der Waals surface area contributed by atoms with Crippen molar-refractivity contribution < 1.29 is 14.3 Å². The van der Waals surface area contributed by atoms with Crippen LogP contribution in [-0.2, 0) is 14.3 Å². The Labute approximate surface area is 85.8 Å². The van der Waals surface area contributed by atoms with Crippen LogP contribution in [0.15, 0.2) is 0 Å². The topological polar surface area (TPSA) is 35.5 Å². The molecule has 1 rings (SSSR count). The normalized spacial score (nSPS) is 28.3. The van der Waals surface area contributed by atoms with E-state index < -0.39 is 6.29 Å². The van der Waals surface area contributed by atoms with E-state index in [1.165, 1.54) is 0 Å². The Morgan fingerprint density at radius 3 is 2.29 bits per heavy atom. The predicted octanol–water partition coefficient (Wildman–Crippen LogP) is 2.35. The minimum atomic E-state index is -0.390. The number of ether oxygens (including phenoxy) is 2. The van der Waals surface area contributed by atoms with Gasteiger partial charge in [-0.3, -0.25) is 0 Å². The van der Waals surface area contributed by atoms with Crippen molar-refractivity contribution >= 4 is 5.97 Å². The zero-order valence-corrected chi connectivity index (χ0v) is 9.66. The fourth-order valence-corrected chi connectivity index (χ4v) is 1.37. The number of carbonyl (C=O) groups excluding carboxylic acids is 1. The molecule has 0 aromatic carbocycles. The number of cyclic esters (lactones) is 1. The van der Waals surface area contributed by atoms with Gasteiger partial charge in [-0.25, -0.2) is 4.79 Å². The van der Waals surface area contributed by atoms with Gasteiger partial charge in [0.25, 0.3) is 0 Å². The highest BCUT2D eigenvalue weighted by atomic mass is 16.8. The molecule has 3 nitrogen and oxygen atoms in total. The molecule has 0 N–H and O–H groups in total. The number of carbonyl (C=O) groups is 1. The minimum absolute atomic E-state index is 0.138. The van der Waals surface area contributed by atoms with Gasteiger partial charge in [-0.1, -0.05) is 34.6 Å². The maximum absolute atomic E-state index is 11.4.